The molecule has 1 aliphatic rings. The lowest BCUT2D eigenvalue weighted by Gasteiger charge is -2.34. The van der Waals surface area contributed by atoms with E-state index in [2.05, 4.69) is 31.5 Å². The van der Waals surface area contributed by atoms with Crippen molar-refractivity contribution in [3.8, 4) is 0 Å². The molecule has 1 saturated carbocycles. The van der Waals surface area contributed by atoms with Crippen molar-refractivity contribution < 1.29 is 0 Å². The summed E-state index contributed by atoms with van der Waals surface area (Å²) < 4.78 is 0. The van der Waals surface area contributed by atoms with E-state index in [4.69, 9.17) is 0 Å². The fourth-order valence-corrected chi connectivity index (χ4v) is 3.05. The van der Waals surface area contributed by atoms with E-state index in [0.29, 0.717) is 0 Å². The summed E-state index contributed by atoms with van der Waals surface area (Å²) in [6.45, 7) is 3.63. The molecule has 1 rings (SSSR count). The first-order chi connectivity index (χ1) is 7.77. The Morgan fingerprint density at radius 3 is 2.31 bits per heavy atom. The molecule has 96 valence electrons. The third-order valence-corrected chi connectivity index (χ3v) is 4.50. The van der Waals surface area contributed by atoms with E-state index >= 15 is 0 Å². The van der Waals surface area contributed by atoms with Gasteiger partial charge in [0.15, 0.2) is 0 Å². The van der Waals surface area contributed by atoms with E-state index in [9.17, 15) is 0 Å². The van der Waals surface area contributed by atoms with Gasteiger partial charge in [-0.25, -0.2) is 0 Å². The molecule has 0 heterocycles. The molecule has 0 aromatic carbocycles. The van der Waals surface area contributed by atoms with Crippen LogP contribution in [0.15, 0.2) is 0 Å². The van der Waals surface area contributed by atoms with Crippen LogP contribution in [0.4, 0.5) is 0 Å². The van der Waals surface area contributed by atoms with Crippen LogP contribution in [0.2, 0.25) is 0 Å². The molecule has 2 heteroatoms. The van der Waals surface area contributed by atoms with Crippen LogP contribution >= 0.6 is 12.6 Å². The molecule has 1 fully saturated rings. The number of nitrogens with zero attached hydrogens (tertiary/aromatic N) is 1. The topological polar surface area (TPSA) is 3.24 Å². The Balaban J connectivity index is 2.10. The van der Waals surface area contributed by atoms with Crippen molar-refractivity contribution in [3.63, 3.8) is 0 Å². The van der Waals surface area contributed by atoms with Crippen LogP contribution in [0.25, 0.3) is 0 Å². The smallest absolute Gasteiger partial charge is 0.00924 e. The van der Waals surface area contributed by atoms with Crippen molar-refractivity contribution in [2.45, 2.75) is 64.3 Å². The molecular weight excluding hydrogens is 214 g/mol. The zero-order valence-electron chi connectivity index (χ0n) is 11.1. The monoisotopic (exact) mass is 243 g/mol. The molecule has 0 unspecified atom stereocenters. The fourth-order valence-electron chi connectivity index (χ4n) is 2.83. The lowest BCUT2D eigenvalue weighted by Crippen LogP contribution is -2.35. The summed E-state index contributed by atoms with van der Waals surface area (Å²) in [6, 6.07) is 0.874. The standard InChI is InChI=1S/C14H29NS/c1-3-13-7-9-14(10-8-13)15(2)11-5-4-6-12-16/h13-14,16H,3-12H2,1-2H3. The van der Waals surface area contributed by atoms with Gasteiger partial charge in [-0.2, -0.15) is 12.6 Å². The summed E-state index contributed by atoms with van der Waals surface area (Å²) in [7, 11) is 2.32. The molecule has 0 radical (unpaired) electrons. The first-order valence-corrected chi connectivity index (χ1v) is 7.72. The van der Waals surface area contributed by atoms with Gasteiger partial charge in [-0.05, 0) is 63.8 Å². The van der Waals surface area contributed by atoms with Gasteiger partial charge in [-0.3, -0.25) is 0 Å². The van der Waals surface area contributed by atoms with Crippen molar-refractivity contribution in [2.75, 3.05) is 19.3 Å². The highest BCUT2D eigenvalue weighted by molar-refractivity contribution is 7.80. The second-order valence-electron chi connectivity index (χ2n) is 5.35. The molecule has 1 nitrogen and oxygen atoms in total. The van der Waals surface area contributed by atoms with Crippen LogP contribution in [0.1, 0.15) is 58.3 Å². The largest absolute Gasteiger partial charge is 0.303 e. The molecule has 0 bridgehead atoms. The van der Waals surface area contributed by atoms with Gasteiger partial charge in [0.1, 0.15) is 0 Å². The third-order valence-electron chi connectivity index (χ3n) is 4.19. The highest BCUT2D eigenvalue weighted by atomic mass is 32.1. The second-order valence-corrected chi connectivity index (χ2v) is 5.79. The fraction of sp³-hybridized carbons (Fsp3) is 1.00. The van der Waals surface area contributed by atoms with Crippen LogP contribution < -0.4 is 0 Å². The Bertz CT molecular complexity index is 164. The molecule has 0 aliphatic heterocycles. The SMILES string of the molecule is CCC1CCC(N(C)CCCCCS)CC1. The zero-order valence-corrected chi connectivity index (χ0v) is 12.0. The highest BCUT2D eigenvalue weighted by Gasteiger charge is 2.22. The van der Waals surface area contributed by atoms with Crippen LogP contribution in [-0.2, 0) is 0 Å². The molecule has 0 saturated heterocycles. The normalized spacial score (nSPS) is 26.2. The number of hydrogen-bond acceptors (Lipinski definition) is 2. The predicted octanol–water partition coefficient (Wildman–Crippen LogP) is 3.99. The van der Waals surface area contributed by atoms with Gasteiger partial charge in [-0.15, -0.1) is 0 Å². The Morgan fingerprint density at radius 1 is 1.06 bits per heavy atom. The minimum Gasteiger partial charge on any atom is -0.303 e. The maximum atomic E-state index is 4.25. The first-order valence-electron chi connectivity index (χ1n) is 7.09. The molecule has 0 amide bonds. The lowest BCUT2D eigenvalue weighted by molar-refractivity contribution is 0.161. The van der Waals surface area contributed by atoms with Crippen LogP contribution in [0.3, 0.4) is 0 Å². The van der Waals surface area contributed by atoms with Gasteiger partial charge in [-0.1, -0.05) is 19.8 Å². The van der Waals surface area contributed by atoms with Gasteiger partial charge in [0.05, 0.1) is 0 Å². The maximum absolute atomic E-state index is 4.25. The first kappa shape index (κ1) is 14.4. The summed E-state index contributed by atoms with van der Waals surface area (Å²) in [5.41, 5.74) is 0. The van der Waals surface area contributed by atoms with Gasteiger partial charge >= 0.3 is 0 Å². The minimum absolute atomic E-state index is 0.874. The molecule has 0 aromatic rings. The summed E-state index contributed by atoms with van der Waals surface area (Å²) in [5, 5.41) is 0. The Hall–Kier alpha value is 0.310. The lowest BCUT2D eigenvalue weighted by atomic mass is 9.84. The Kier molecular flexibility index (Phi) is 7.55. The summed E-state index contributed by atoms with van der Waals surface area (Å²) >= 11 is 4.25. The summed E-state index contributed by atoms with van der Waals surface area (Å²) in [5.74, 6) is 2.07. The van der Waals surface area contributed by atoms with E-state index in [1.165, 1.54) is 57.9 Å². The van der Waals surface area contributed by atoms with Crippen LogP contribution in [0, 0.1) is 5.92 Å². The van der Waals surface area contributed by atoms with Crippen molar-refractivity contribution >= 4 is 12.6 Å². The molecule has 0 spiro atoms. The average Bonchev–Trinajstić information content (AvgIpc) is 2.34. The molecular formula is C14H29NS. The van der Waals surface area contributed by atoms with Crippen molar-refractivity contribution in [1.82, 2.24) is 4.90 Å². The average molecular weight is 243 g/mol. The van der Waals surface area contributed by atoms with Crippen LogP contribution in [0.5, 0.6) is 0 Å². The van der Waals surface area contributed by atoms with E-state index in [1.54, 1.807) is 0 Å². The van der Waals surface area contributed by atoms with Gasteiger partial charge in [0, 0.05) is 6.04 Å². The van der Waals surface area contributed by atoms with Crippen LogP contribution in [-0.4, -0.2) is 30.3 Å². The number of hydrogen-bond donors (Lipinski definition) is 1. The Labute approximate surface area is 107 Å². The molecule has 0 aromatic heterocycles. The number of thiol groups is 1. The van der Waals surface area contributed by atoms with E-state index in [1.807, 2.05) is 0 Å². The molecule has 0 atom stereocenters. The third kappa shape index (κ3) is 5.09. The Morgan fingerprint density at radius 2 is 1.75 bits per heavy atom. The molecule has 16 heavy (non-hydrogen) atoms. The zero-order chi connectivity index (χ0) is 11.8. The van der Waals surface area contributed by atoms with Gasteiger partial charge < -0.3 is 4.90 Å². The highest BCUT2D eigenvalue weighted by Crippen LogP contribution is 2.28. The number of rotatable bonds is 7. The van der Waals surface area contributed by atoms with Crippen molar-refractivity contribution in [3.05, 3.63) is 0 Å². The summed E-state index contributed by atoms with van der Waals surface area (Å²) in [6.07, 6.45) is 11.1. The van der Waals surface area contributed by atoms with Crippen molar-refractivity contribution in [1.29, 1.82) is 0 Å². The molecule has 1 aliphatic carbocycles. The predicted molar refractivity (Wildman–Crippen MR) is 76.4 cm³/mol. The van der Waals surface area contributed by atoms with Crippen molar-refractivity contribution in [2.24, 2.45) is 5.92 Å². The number of unbranched alkanes of at least 4 members (excludes halogenated alkanes) is 2. The summed E-state index contributed by atoms with van der Waals surface area (Å²) in [4.78, 5) is 2.60. The van der Waals surface area contributed by atoms with E-state index in [-0.39, 0.29) is 0 Å². The quantitative estimate of drug-likeness (QED) is 0.523. The molecule has 0 N–H and O–H groups in total. The minimum atomic E-state index is 0.874. The van der Waals surface area contributed by atoms with Gasteiger partial charge in [0.2, 0.25) is 0 Å². The van der Waals surface area contributed by atoms with Gasteiger partial charge in [0.25, 0.3) is 0 Å². The maximum Gasteiger partial charge on any atom is 0.00924 e. The van der Waals surface area contributed by atoms with E-state index < -0.39 is 0 Å². The van der Waals surface area contributed by atoms with E-state index in [0.717, 1.165) is 17.7 Å². The second kappa shape index (κ2) is 8.41.